The molecule has 0 radical (unpaired) electrons. The van der Waals surface area contributed by atoms with Gasteiger partial charge in [0.2, 0.25) is 0 Å². The first-order chi connectivity index (χ1) is 10.3. The minimum Gasteiger partial charge on any atom is -0.383 e. The summed E-state index contributed by atoms with van der Waals surface area (Å²) in [4.78, 5) is 5.83. The molecule has 0 aliphatic carbocycles. The number of aromatic nitrogens is 3. The fraction of sp³-hybridized carbons (Fsp3) is 0.250. The molecule has 0 bridgehead atoms. The molecule has 0 saturated heterocycles. The van der Waals surface area contributed by atoms with Crippen molar-refractivity contribution < 1.29 is 0 Å². The summed E-state index contributed by atoms with van der Waals surface area (Å²) in [6, 6.07) is 10.1. The highest BCUT2D eigenvalue weighted by molar-refractivity contribution is 7.09. The predicted octanol–water partition coefficient (Wildman–Crippen LogP) is 3.30. The molecule has 0 aliphatic rings. The maximum atomic E-state index is 6.16. The van der Waals surface area contributed by atoms with Crippen LogP contribution in [0.3, 0.4) is 0 Å². The van der Waals surface area contributed by atoms with Crippen LogP contribution in [0.15, 0.2) is 41.9 Å². The van der Waals surface area contributed by atoms with Crippen molar-refractivity contribution >= 4 is 17.2 Å². The van der Waals surface area contributed by atoms with Crippen LogP contribution in [-0.4, -0.2) is 14.8 Å². The molecule has 0 amide bonds. The molecular weight excluding hydrogens is 280 g/mol. The summed E-state index contributed by atoms with van der Waals surface area (Å²) in [5, 5.41) is 6.68. The third kappa shape index (κ3) is 2.97. The van der Waals surface area contributed by atoms with E-state index in [2.05, 4.69) is 27.6 Å². The van der Waals surface area contributed by atoms with Gasteiger partial charge in [-0.2, -0.15) is 5.10 Å². The number of nitrogen functional groups attached to an aromatic ring is 1. The van der Waals surface area contributed by atoms with Crippen molar-refractivity contribution in [3.8, 4) is 11.3 Å². The van der Waals surface area contributed by atoms with Gasteiger partial charge < -0.3 is 5.73 Å². The number of aryl methyl sites for hydroxylation is 3. The Kier molecular flexibility index (Phi) is 4.01. The SMILES string of the molecule is Cn1nc(CCCc2cccs2)c(-c2ccccn2)c1N. The van der Waals surface area contributed by atoms with E-state index >= 15 is 0 Å². The molecule has 0 aromatic carbocycles. The molecule has 0 aliphatic heterocycles. The van der Waals surface area contributed by atoms with Crippen LogP contribution in [0.4, 0.5) is 5.82 Å². The predicted molar refractivity (Wildman–Crippen MR) is 87.2 cm³/mol. The van der Waals surface area contributed by atoms with Gasteiger partial charge in [0.05, 0.1) is 17.0 Å². The van der Waals surface area contributed by atoms with Gasteiger partial charge in [0, 0.05) is 18.1 Å². The summed E-state index contributed by atoms with van der Waals surface area (Å²) < 4.78 is 1.74. The topological polar surface area (TPSA) is 56.7 Å². The second-order valence-electron chi connectivity index (χ2n) is 4.98. The smallest absolute Gasteiger partial charge is 0.131 e. The molecule has 108 valence electrons. The van der Waals surface area contributed by atoms with E-state index in [1.165, 1.54) is 4.88 Å². The molecule has 0 saturated carbocycles. The molecule has 2 N–H and O–H groups in total. The van der Waals surface area contributed by atoms with Crippen LogP contribution in [0.1, 0.15) is 17.0 Å². The van der Waals surface area contributed by atoms with Crippen LogP contribution < -0.4 is 5.73 Å². The summed E-state index contributed by atoms with van der Waals surface area (Å²) in [6.45, 7) is 0. The molecule has 4 nitrogen and oxygen atoms in total. The van der Waals surface area contributed by atoms with Crippen LogP contribution in [0.25, 0.3) is 11.3 Å². The molecule has 21 heavy (non-hydrogen) atoms. The second kappa shape index (κ2) is 6.10. The zero-order valence-electron chi connectivity index (χ0n) is 12.0. The molecule has 0 fully saturated rings. The van der Waals surface area contributed by atoms with Gasteiger partial charge in [0.25, 0.3) is 0 Å². The average Bonchev–Trinajstić information content (AvgIpc) is 3.10. The number of hydrogen-bond donors (Lipinski definition) is 1. The number of hydrogen-bond acceptors (Lipinski definition) is 4. The Labute approximate surface area is 128 Å². The summed E-state index contributed by atoms with van der Waals surface area (Å²) in [7, 11) is 1.88. The molecule has 3 heterocycles. The van der Waals surface area contributed by atoms with Gasteiger partial charge in [0.1, 0.15) is 5.82 Å². The van der Waals surface area contributed by atoms with E-state index in [1.54, 1.807) is 22.2 Å². The number of pyridine rings is 1. The standard InChI is InChI=1S/C16H18N4S/c1-20-16(17)15(13-8-2-3-10-18-13)14(19-20)9-4-6-12-7-5-11-21-12/h2-3,5,7-8,10-11H,4,6,9,17H2,1H3. The van der Waals surface area contributed by atoms with E-state index < -0.39 is 0 Å². The van der Waals surface area contributed by atoms with Crippen LogP contribution in [0, 0.1) is 0 Å². The highest BCUT2D eigenvalue weighted by atomic mass is 32.1. The minimum absolute atomic E-state index is 0.680. The van der Waals surface area contributed by atoms with Crippen LogP contribution in [0.2, 0.25) is 0 Å². The third-order valence-corrected chi connectivity index (χ3v) is 4.44. The maximum absolute atomic E-state index is 6.16. The van der Waals surface area contributed by atoms with Crippen molar-refractivity contribution in [3.05, 3.63) is 52.5 Å². The zero-order chi connectivity index (χ0) is 14.7. The van der Waals surface area contributed by atoms with Crippen molar-refractivity contribution in [3.63, 3.8) is 0 Å². The van der Waals surface area contributed by atoms with E-state index in [0.717, 1.165) is 36.2 Å². The normalized spacial score (nSPS) is 10.9. The second-order valence-corrected chi connectivity index (χ2v) is 6.01. The van der Waals surface area contributed by atoms with Crippen molar-refractivity contribution in [1.82, 2.24) is 14.8 Å². The molecule has 0 spiro atoms. The fourth-order valence-corrected chi connectivity index (χ4v) is 3.20. The van der Waals surface area contributed by atoms with E-state index in [-0.39, 0.29) is 0 Å². The first kappa shape index (κ1) is 13.8. The van der Waals surface area contributed by atoms with Crippen molar-refractivity contribution in [1.29, 1.82) is 0 Å². The molecular formula is C16H18N4S. The van der Waals surface area contributed by atoms with E-state index in [9.17, 15) is 0 Å². The largest absolute Gasteiger partial charge is 0.383 e. The minimum atomic E-state index is 0.680. The number of anilines is 1. The quantitative estimate of drug-likeness (QED) is 0.786. The molecule has 3 aromatic rings. The molecule has 5 heteroatoms. The number of rotatable bonds is 5. The van der Waals surface area contributed by atoms with E-state index in [1.807, 2.05) is 25.2 Å². The lowest BCUT2D eigenvalue weighted by molar-refractivity contribution is 0.727. The molecule has 0 unspecified atom stereocenters. The summed E-state index contributed by atoms with van der Waals surface area (Å²) >= 11 is 1.80. The van der Waals surface area contributed by atoms with Crippen molar-refractivity contribution in [2.45, 2.75) is 19.3 Å². The number of nitrogens with two attached hydrogens (primary N) is 1. The molecule has 0 atom stereocenters. The lowest BCUT2D eigenvalue weighted by Gasteiger charge is -2.03. The van der Waals surface area contributed by atoms with Gasteiger partial charge in [-0.15, -0.1) is 11.3 Å². The first-order valence-electron chi connectivity index (χ1n) is 7.01. The Bertz CT molecular complexity index is 701. The van der Waals surface area contributed by atoms with Crippen molar-refractivity contribution in [2.75, 3.05) is 5.73 Å². The Morgan fingerprint density at radius 2 is 2.10 bits per heavy atom. The van der Waals surface area contributed by atoms with Crippen molar-refractivity contribution in [2.24, 2.45) is 7.05 Å². The Hall–Kier alpha value is -2.14. The van der Waals surface area contributed by atoms with Crippen LogP contribution in [-0.2, 0) is 19.9 Å². The highest BCUT2D eigenvalue weighted by Crippen LogP contribution is 2.28. The summed E-state index contributed by atoms with van der Waals surface area (Å²) in [6.07, 6.45) is 4.85. The lowest BCUT2D eigenvalue weighted by Crippen LogP contribution is -1.98. The summed E-state index contributed by atoms with van der Waals surface area (Å²) in [5.74, 6) is 0.680. The van der Waals surface area contributed by atoms with E-state index in [0.29, 0.717) is 5.82 Å². The average molecular weight is 298 g/mol. The Morgan fingerprint density at radius 1 is 1.19 bits per heavy atom. The van der Waals surface area contributed by atoms with E-state index in [4.69, 9.17) is 5.73 Å². The number of thiophene rings is 1. The van der Waals surface area contributed by atoms with Gasteiger partial charge in [-0.3, -0.25) is 9.67 Å². The Morgan fingerprint density at radius 3 is 2.81 bits per heavy atom. The van der Waals surface area contributed by atoms with Gasteiger partial charge >= 0.3 is 0 Å². The lowest BCUT2D eigenvalue weighted by atomic mass is 10.1. The van der Waals surface area contributed by atoms with Gasteiger partial charge in [0.15, 0.2) is 0 Å². The fourth-order valence-electron chi connectivity index (χ4n) is 2.44. The van der Waals surface area contributed by atoms with Crippen LogP contribution in [0.5, 0.6) is 0 Å². The van der Waals surface area contributed by atoms with Gasteiger partial charge in [-0.1, -0.05) is 12.1 Å². The zero-order valence-corrected chi connectivity index (χ0v) is 12.8. The summed E-state index contributed by atoms with van der Waals surface area (Å²) in [5.41, 5.74) is 9.07. The Balaban J connectivity index is 1.80. The highest BCUT2D eigenvalue weighted by Gasteiger charge is 2.16. The maximum Gasteiger partial charge on any atom is 0.131 e. The molecule has 3 aromatic heterocycles. The third-order valence-electron chi connectivity index (χ3n) is 3.50. The van der Waals surface area contributed by atoms with Gasteiger partial charge in [-0.05, 0) is 42.8 Å². The molecule has 3 rings (SSSR count). The first-order valence-corrected chi connectivity index (χ1v) is 7.89. The van der Waals surface area contributed by atoms with Gasteiger partial charge in [-0.25, -0.2) is 0 Å². The number of nitrogens with zero attached hydrogens (tertiary/aromatic N) is 3. The monoisotopic (exact) mass is 298 g/mol. The van der Waals surface area contributed by atoms with Crippen LogP contribution >= 0.6 is 11.3 Å².